The summed E-state index contributed by atoms with van der Waals surface area (Å²) in [6, 6.07) is 0. The van der Waals surface area contributed by atoms with Crippen molar-refractivity contribution in [2.24, 2.45) is 5.92 Å². The third-order valence-electron chi connectivity index (χ3n) is 3.61. The van der Waals surface area contributed by atoms with Gasteiger partial charge in [-0.3, -0.25) is 9.89 Å². The molecule has 1 saturated carbocycles. The molecule has 2 rings (SSSR count). The summed E-state index contributed by atoms with van der Waals surface area (Å²) in [5, 5.41) is 5.58. The highest BCUT2D eigenvalue weighted by Crippen LogP contribution is 2.33. The lowest BCUT2D eigenvalue weighted by atomic mass is 10.1. The van der Waals surface area contributed by atoms with Crippen LogP contribution in [0.1, 0.15) is 25.1 Å². The zero-order valence-corrected chi connectivity index (χ0v) is 12.3. The summed E-state index contributed by atoms with van der Waals surface area (Å²) >= 11 is 0. The summed E-state index contributed by atoms with van der Waals surface area (Å²) < 4.78 is 31.0. The van der Waals surface area contributed by atoms with Crippen molar-refractivity contribution in [3.05, 3.63) is 12.2 Å². The molecule has 9 heteroatoms. The molecule has 0 aliphatic heterocycles. The van der Waals surface area contributed by atoms with E-state index in [9.17, 15) is 13.2 Å². The molecule has 8 nitrogen and oxygen atoms in total. The van der Waals surface area contributed by atoms with Gasteiger partial charge in [-0.15, -0.1) is 0 Å². The summed E-state index contributed by atoms with van der Waals surface area (Å²) in [6.07, 6.45) is 3.05. The normalized spacial score (nSPS) is 23.1. The molecule has 0 amide bonds. The maximum Gasteiger partial charge on any atom is 0.310 e. The van der Waals surface area contributed by atoms with Crippen molar-refractivity contribution < 1.29 is 17.9 Å². The Hall–Kier alpha value is -1.48. The zero-order valence-electron chi connectivity index (χ0n) is 11.4. The molecule has 1 aromatic rings. The number of carbonyl (C=O) groups excluding carboxylic acids is 1. The predicted molar refractivity (Wildman–Crippen MR) is 69.9 cm³/mol. The van der Waals surface area contributed by atoms with Crippen molar-refractivity contribution in [1.82, 2.24) is 19.5 Å². The number of rotatable bonds is 5. The highest BCUT2D eigenvalue weighted by Gasteiger charge is 2.44. The maximum atomic E-state index is 12.5. The molecule has 0 saturated heterocycles. The zero-order chi connectivity index (χ0) is 14.8. The topological polar surface area (TPSA) is 105 Å². The van der Waals surface area contributed by atoms with Gasteiger partial charge in [-0.05, 0) is 12.8 Å². The van der Waals surface area contributed by atoms with E-state index in [1.807, 2.05) is 0 Å². The van der Waals surface area contributed by atoms with Crippen molar-refractivity contribution in [2.45, 2.75) is 31.1 Å². The lowest BCUT2D eigenvalue weighted by Crippen LogP contribution is -2.40. The number of nitrogens with one attached hydrogen (secondary N) is 1. The molecule has 112 valence electrons. The Morgan fingerprint density at radius 1 is 1.55 bits per heavy atom. The van der Waals surface area contributed by atoms with Gasteiger partial charge in [0.25, 0.3) is 0 Å². The lowest BCUT2D eigenvalue weighted by molar-refractivity contribution is -0.145. The number of esters is 1. The predicted octanol–water partition coefficient (Wildman–Crippen LogP) is -0.0920. The Bertz CT molecular complexity index is 557. The summed E-state index contributed by atoms with van der Waals surface area (Å²) in [7, 11) is -0.817. The molecule has 2 atom stereocenters. The highest BCUT2D eigenvalue weighted by atomic mass is 32.2. The SMILES string of the molecule is COC(=O)C1CCCC1S(=O)(=O)N(C)Cc1ncn[nH]1. The summed E-state index contributed by atoms with van der Waals surface area (Å²) in [6.45, 7) is 0.104. The van der Waals surface area contributed by atoms with Gasteiger partial charge in [-0.1, -0.05) is 6.42 Å². The molecule has 1 aromatic heterocycles. The largest absolute Gasteiger partial charge is 0.469 e. The molecule has 0 bridgehead atoms. The second-order valence-electron chi connectivity index (χ2n) is 4.83. The van der Waals surface area contributed by atoms with Gasteiger partial charge in [0, 0.05) is 7.05 Å². The number of hydrogen-bond donors (Lipinski definition) is 1. The van der Waals surface area contributed by atoms with Crippen LogP contribution in [0.3, 0.4) is 0 Å². The van der Waals surface area contributed by atoms with E-state index in [1.54, 1.807) is 0 Å². The van der Waals surface area contributed by atoms with E-state index >= 15 is 0 Å². The van der Waals surface area contributed by atoms with E-state index < -0.39 is 27.2 Å². The van der Waals surface area contributed by atoms with E-state index in [0.717, 1.165) is 0 Å². The number of methoxy groups -OCH3 is 1. The quantitative estimate of drug-likeness (QED) is 0.762. The third-order valence-corrected chi connectivity index (χ3v) is 5.94. The lowest BCUT2D eigenvalue weighted by Gasteiger charge is -2.24. The molecule has 1 heterocycles. The minimum absolute atomic E-state index is 0.104. The van der Waals surface area contributed by atoms with E-state index in [1.165, 1.54) is 24.8 Å². The fourth-order valence-electron chi connectivity index (χ4n) is 2.54. The Morgan fingerprint density at radius 3 is 2.90 bits per heavy atom. The Morgan fingerprint density at radius 2 is 2.30 bits per heavy atom. The number of aromatic nitrogens is 3. The molecular weight excluding hydrogens is 284 g/mol. The van der Waals surface area contributed by atoms with Crippen LogP contribution in [0.15, 0.2) is 6.33 Å². The van der Waals surface area contributed by atoms with Crippen molar-refractivity contribution >= 4 is 16.0 Å². The molecule has 1 N–H and O–H groups in total. The molecule has 1 aliphatic rings. The number of nitrogens with zero attached hydrogens (tertiary/aromatic N) is 3. The molecular formula is C11H18N4O4S. The van der Waals surface area contributed by atoms with Gasteiger partial charge in [0.1, 0.15) is 12.2 Å². The maximum absolute atomic E-state index is 12.5. The Kier molecular flexibility index (Phi) is 4.39. The molecule has 0 spiro atoms. The first kappa shape index (κ1) is 14.9. The summed E-state index contributed by atoms with van der Waals surface area (Å²) in [5.41, 5.74) is 0. The average Bonchev–Trinajstić information content (AvgIpc) is 3.08. The first-order chi connectivity index (χ1) is 9.46. The monoisotopic (exact) mass is 302 g/mol. The number of sulfonamides is 1. The molecule has 1 fully saturated rings. The van der Waals surface area contributed by atoms with E-state index in [2.05, 4.69) is 15.2 Å². The minimum atomic E-state index is -3.57. The Balaban J connectivity index is 2.14. The van der Waals surface area contributed by atoms with Gasteiger partial charge in [0.2, 0.25) is 10.0 Å². The highest BCUT2D eigenvalue weighted by molar-refractivity contribution is 7.89. The van der Waals surface area contributed by atoms with E-state index in [0.29, 0.717) is 25.1 Å². The first-order valence-electron chi connectivity index (χ1n) is 6.34. The van der Waals surface area contributed by atoms with Crippen LogP contribution in [0.2, 0.25) is 0 Å². The van der Waals surface area contributed by atoms with Crippen LogP contribution < -0.4 is 0 Å². The van der Waals surface area contributed by atoms with Gasteiger partial charge >= 0.3 is 5.97 Å². The van der Waals surface area contributed by atoms with Crippen LogP contribution in [-0.2, 0) is 26.1 Å². The van der Waals surface area contributed by atoms with Crippen LogP contribution in [0.4, 0.5) is 0 Å². The van der Waals surface area contributed by atoms with Gasteiger partial charge in [0.15, 0.2) is 0 Å². The summed E-state index contributed by atoms with van der Waals surface area (Å²) in [5.74, 6) is -0.574. The smallest absolute Gasteiger partial charge is 0.310 e. The van der Waals surface area contributed by atoms with Crippen LogP contribution in [0, 0.1) is 5.92 Å². The van der Waals surface area contributed by atoms with Crippen molar-refractivity contribution in [3.63, 3.8) is 0 Å². The minimum Gasteiger partial charge on any atom is -0.469 e. The number of hydrogen-bond acceptors (Lipinski definition) is 6. The molecule has 20 heavy (non-hydrogen) atoms. The van der Waals surface area contributed by atoms with Gasteiger partial charge < -0.3 is 4.74 Å². The van der Waals surface area contributed by atoms with Crippen molar-refractivity contribution in [1.29, 1.82) is 0 Å². The van der Waals surface area contributed by atoms with Crippen LogP contribution in [0.25, 0.3) is 0 Å². The Labute approximate surface area is 117 Å². The van der Waals surface area contributed by atoms with E-state index in [4.69, 9.17) is 4.74 Å². The van der Waals surface area contributed by atoms with Gasteiger partial charge in [-0.25, -0.2) is 13.4 Å². The third kappa shape index (κ3) is 2.83. The standard InChI is InChI=1S/C11H18N4O4S/c1-15(6-10-12-7-13-14-10)20(17,18)9-5-3-4-8(9)11(16)19-2/h7-9H,3-6H2,1-2H3,(H,12,13,14). The number of aromatic amines is 1. The first-order valence-corrected chi connectivity index (χ1v) is 7.84. The molecule has 0 radical (unpaired) electrons. The molecule has 2 unspecified atom stereocenters. The fourth-order valence-corrected chi connectivity index (χ4v) is 4.43. The number of ether oxygens (including phenoxy) is 1. The molecule has 1 aliphatic carbocycles. The average molecular weight is 302 g/mol. The van der Waals surface area contributed by atoms with Crippen LogP contribution >= 0.6 is 0 Å². The second kappa shape index (κ2) is 5.88. The number of H-pyrrole nitrogens is 1. The van der Waals surface area contributed by atoms with Crippen molar-refractivity contribution in [2.75, 3.05) is 14.2 Å². The van der Waals surface area contributed by atoms with Crippen LogP contribution in [-0.4, -0.2) is 53.3 Å². The van der Waals surface area contributed by atoms with Crippen molar-refractivity contribution in [3.8, 4) is 0 Å². The number of carbonyl (C=O) groups is 1. The van der Waals surface area contributed by atoms with Gasteiger partial charge in [-0.2, -0.15) is 9.40 Å². The van der Waals surface area contributed by atoms with Crippen LogP contribution in [0.5, 0.6) is 0 Å². The molecule has 0 aromatic carbocycles. The fraction of sp³-hybridized carbons (Fsp3) is 0.727. The second-order valence-corrected chi connectivity index (χ2v) is 7.09. The van der Waals surface area contributed by atoms with E-state index in [-0.39, 0.29) is 6.54 Å². The van der Waals surface area contributed by atoms with Gasteiger partial charge in [0.05, 0.1) is 24.8 Å². The summed E-state index contributed by atoms with van der Waals surface area (Å²) in [4.78, 5) is 15.6.